The van der Waals surface area contributed by atoms with Gasteiger partial charge in [-0.3, -0.25) is 9.59 Å². The number of nitrogens with one attached hydrogen (secondary N) is 1. The fraction of sp³-hybridized carbons (Fsp3) is 0.393. The van der Waals surface area contributed by atoms with Crippen molar-refractivity contribution in [3.05, 3.63) is 76.4 Å². The lowest BCUT2D eigenvalue weighted by Crippen LogP contribution is -2.34. The fourth-order valence-electron chi connectivity index (χ4n) is 5.26. The first-order valence-electron chi connectivity index (χ1n) is 12.6. The molecular formula is C28H31FN4O4. The minimum atomic E-state index is -0.476. The van der Waals surface area contributed by atoms with Crippen LogP contribution in [0.3, 0.4) is 0 Å². The average molecular weight is 507 g/mol. The number of Topliss-reactive ketones (excluding diaryl/α,β-unsaturated/α-hetero) is 1. The number of hydrogen-bond acceptors (Lipinski definition) is 6. The van der Waals surface area contributed by atoms with Crippen LogP contribution in [0, 0.1) is 12.7 Å². The molecule has 1 spiro atoms. The number of ether oxygens (including phenoxy) is 2. The van der Waals surface area contributed by atoms with E-state index in [9.17, 15) is 14.0 Å². The van der Waals surface area contributed by atoms with Gasteiger partial charge in [0.05, 0.1) is 30.3 Å². The number of nitrogens with zero attached hydrogens (tertiary/aromatic N) is 2. The zero-order chi connectivity index (χ0) is 26.2. The van der Waals surface area contributed by atoms with Crippen molar-refractivity contribution < 1.29 is 23.5 Å². The SMILES string of the molecule is CC(=O)c1c(N)c(C2CCC3(CC2)OCCO3)nn1-c1ccc(CNC(=O)c2cc(F)ccc2C)cc1. The summed E-state index contributed by atoms with van der Waals surface area (Å²) in [5.74, 6) is -1.30. The highest BCUT2D eigenvalue weighted by molar-refractivity contribution is 5.98. The second kappa shape index (κ2) is 10.1. The molecule has 0 bridgehead atoms. The normalized spacial score (nSPS) is 17.3. The Morgan fingerprint density at radius 2 is 1.81 bits per heavy atom. The molecule has 0 unspecified atom stereocenters. The molecule has 0 radical (unpaired) electrons. The molecule has 8 nitrogen and oxygen atoms in total. The van der Waals surface area contributed by atoms with Crippen LogP contribution in [-0.2, 0) is 16.0 Å². The van der Waals surface area contributed by atoms with Crippen LogP contribution in [0.1, 0.15) is 76.2 Å². The van der Waals surface area contributed by atoms with Gasteiger partial charge < -0.3 is 20.5 Å². The molecule has 194 valence electrons. The standard InChI is InChI=1S/C28H31FN4O4/c1-17-3-6-21(29)15-23(17)27(35)31-16-19-4-7-22(8-5-19)33-26(18(2)34)24(30)25(32-33)20-9-11-28(12-10-20)36-13-14-37-28/h3-8,15,20H,9-14,16,30H2,1-2H3,(H,31,35). The first-order chi connectivity index (χ1) is 17.8. The second-order valence-corrected chi connectivity index (χ2v) is 9.81. The van der Waals surface area contributed by atoms with E-state index in [1.165, 1.54) is 19.1 Å². The van der Waals surface area contributed by atoms with E-state index in [1.807, 2.05) is 24.3 Å². The van der Waals surface area contributed by atoms with Crippen LogP contribution in [0.5, 0.6) is 0 Å². The number of carbonyl (C=O) groups is 2. The van der Waals surface area contributed by atoms with E-state index in [1.54, 1.807) is 17.7 Å². The highest BCUT2D eigenvalue weighted by Gasteiger charge is 2.42. The smallest absolute Gasteiger partial charge is 0.251 e. The fourth-order valence-corrected chi connectivity index (χ4v) is 5.26. The van der Waals surface area contributed by atoms with Crippen molar-refractivity contribution in [3.8, 4) is 5.69 Å². The number of nitrogens with two attached hydrogens (primary N) is 1. The monoisotopic (exact) mass is 506 g/mol. The number of ketones is 1. The molecule has 1 saturated heterocycles. The number of benzene rings is 2. The van der Waals surface area contributed by atoms with Gasteiger partial charge in [0.25, 0.3) is 5.91 Å². The molecular weight excluding hydrogens is 475 g/mol. The van der Waals surface area contributed by atoms with Crippen molar-refractivity contribution in [2.45, 2.75) is 57.8 Å². The number of anilines is 1. The zero-order valence-corrected chi connectivity index (χ0v) is 21.1. The van der Waals surface area contributed by atoms with Crippen molar-refractivity contribution >= 4 is 17.4 Å². The van der Waals surface area contributed by atoms with Crippen molar-refractivity contribution in [1.82, 2.24) is 15.1 Å². The highest BCUT2D eigenvalue weighted by atomic mass is 19.1. The minimum Gasteiger partial charge on any atom is -0.395 e. The molecule has 2 fully saturated rings. The van der Waals surface area contributed by atoms with Gasteiger partial charge in [-0.15, -0.1) is 0 Å². The zero-order valence-electron chi connectivity index (χ0n) is 21.1. The first-order valence-corrected chi connectivity index (χ1v) is 12.6. The van der Waals surface area contributed by atoms with E-state index in [4.69, 9.17) is 20.3 Å². The van der Waals surface area contributed by atoms with Gasteiger partial charge >= 0.3 is 0 Å². The Bertz CT molecular complexity index is 1320. The summed E-state index contributed by atoms with van der Waals surface area (Å²) in [5, 5.41) is 7.61. The first kappa shape index (κ1) is 25.1. The summed E-state index contributed by atoms with van der Waals surface area (Å²) in [6.07, 6.45) is 3.19. The summed E-state index contributed by atoms with van der Waals surface area (Å²) in [5.41, 5.74) is 10.6. The summed E-state index contributed by atoms with van der Waals surface area (Å²) >= 11 is 0. The third-order valence-electron chi connectivity index (χ3n) is 7.31. The maximum atomic E-state index is 13.6. The molecule has 1 aliphatic heterocycles. The Hall–Kier alpha value is -3.56. The number of aromatic nitrogens is 2. The Morgan fingerprint density at radius 3 is 2.46 bits per heavy atom. The Balaban J connectivity index is 1.31. The van der Waals surface area contributed by atoms with Crippen molar-refractivity contribution in [3.63, 3.8) is 0 Å². The van der Waals surface area contributed by atoms with Crippen LogP contribution in [0.25, 0.3) is 5.69 Å². The summed E-state index contributed by atoms with van der Waals surface area (Å²) in [6.45, 7) is 4.78. The van der Waals surface area contributed by atoms with E-state index in [-0.39, 0.29) is 24.2 Å². The highest BCUT2D eigenvalue weighted by Crippen LogP contribution is 2.44. The number of rotatable bonds is 6. The molecule has 1 saturated carbocycles. The van der Waals surface area contributed by atoms with Gasteiger partial charge in [0.2, 0.25) is 0 Å². The third-order valence-corrected chi connectivity index (χ3v) is 7.31. The van der Waals surface area contributed by atoms with Crippen LogP contribution in [-0.4, -0.2) is 40.5 Å². The van der Waals surface area contributed by atoms with Gasteiger partial charge in [-0.05, 0) is 55.2 Å². The van der Waals surface area contributed by atoms with Gasteiger partial charge in [-0.1, -0.05) is 18.2 Å². The summed E-state index contributed by atoms with van der Waals surface area (Å²) < 4.78 is 26.8. The van der Waals surface area contributed by atoms with E-state index < -0.39 is 11.6 Å². The van der Waals surface area contributed by atoms with Gasteiger partial charge in [-0.2, -0.15) is 5.10 Å². The van der Waals surface area contributed by atoms with Crippen molar-refractivity contribution in [1.29, 1.82) is 0 Å². The third kappa shape index (κ3) is 5.01. The number of hydrogen-bond donors (Lipinski definition) is 2. The van der Waals surface area contributed by atoms with Crippen molar-refractivity contribution in [2.75, 3.05) is 18.9 Å². The lowest BCUT2D eigenvalue weighted by Gasteiger charge is -2.34. The molecule has 3 N–H and O–H groups in total. The molecule has 1 aromatic heterocycles. The molecule has 1 amide bonds. The minimum absolute atomic E-state index is 0.124. The lowest BCUT2D eigenvalue weighted by molar-refractivity contribution is -0.178. The van der Waals surface area contributed by atoms with E-state index in [2.05, 4.69) is 5.32 Å². The number of aryl methyl sites for hydroxylation is 1. The topological polar surface area (TPSA) is 108 Å². The van der Waals surface area contributed by atoms with Crippen LogP contribution in [0.2, 0.25) is 0 Å². The van der Waals surface area contributed by atoms with Crippen LogP contribution >= 0.6 is 0 Å². The molecule has 2 aromatic carbocycles. The van der Waals surface area contributed by atoms with E-state index >= 15 is 0 Å². The quantitative estimate of drug-likeness (QED) is 0.479. The summed E-state index contributed by atoms with van der Waals surface area (Å²) in [6, 6.07) is 11.5. The average Bonchev–Trinajstić information content (AvgIpc) is 3.49. The Morgan fingerprint density at radius 1 is 1.14 bits per heavy atom. The summed E-state index contributed by atoms with van der Waals surface area (Å²) in [4.78, 5) is 25.0. The van der Waals surface area contributed by atoms with E-state index in [0.717, 1.165) is 36.9 Å². The van der Waals surface area contributed by atoms with Crippen molar-refractivity contribution in [2.24, 2.45) is 0 Å². The van der Waals surface area contributed by atoms with Gasteiger partial charge in [-0.25, -0.2) is 9.07 Å². The molecule has 9 heteroatoms. The molecule has 2 aliphatic rings. The lowest BCUT2D eigenvalue weighted by atomic mass is 9.82. The Kier molecular flexibility index (Phi) is 6.83. The predicted octanol–water partition coefficient (Wildman–Crippen LogP) is 4.44. The molecule has 5 rings (SSSR count). The maximum absolute atomic E-state index is 13.6. The second-order valence-electron chi connectivity index (χ2n) is 9.81. The molecule has 37 heavy (non-hydrogen) atoms. The number of nitrogen functional groups attached to an aromatic ring is 1. The maximum Gasteiger partial charge on any atom is 0.251 e. The Labute approximate surface area is 214 Å². The molecule has 1 aliphatic carbocycles. The summed E-state index contributed by atoms with van der Waals surface area (Å²) in [7, 11) is 0. The number of carbonyl (C=O) groups excluding carboxylic acids is 2. The van der Waals surface area contributed by atoms with Gasteiger partial charge in [0, 0.05) is 37.8 Å². The van der Waals surface area contributed by atoms with Crippen LogP contribution < -0.4 is 11.1 Å². The van der Waals surface area contributed by atoms with Crippen LogP contribution in [0.4, 0.5) is 10.1 Å². The van der Waals surface area contributed by atoms with Gasteiger partial charge in [0.15, 0.2) is 11.6 Å². The number of amides is 1. The van der Waals surface area contributed by atoms with Crippen LogP contribution in [0.15, 0.2) is 42.5 Å². The predicted molar refractivity (Wildman–Crippen MR) is 136 cm³/mol. The molecule has 0 atom stereocenters. The molecule has 3 aromatic rings. The number of halogens is 1. The largest absolute Gasteiger partial charge is 0.395 e. The molecule has 2 heterocycles. The van der Waals surface area contributed by atoms with Gasteiger partial charge in [0.1, 0.15) is 11.5 Å². The van der Waals surface area contributed by atoms with E-state index in [0.29, 0.717) is 41.4 Å².